The zero-order chi connectivity index (χ0) is 22.4. The molecule has 0 unspecified atom stereocenters. The summed E-state index contributed by atoms with van der Waals surface area (Å²) in [6.07, 6.45) is 1.26. The molecular formula is C24H25NO6. The van der Waals surface area contributed by atoms with Crippen molar-refractivity contribution in [3.05, 3.63) is 83.6 Å². The Morgan fingerprint density at radius 1 is 1.06 bits per heavy atom. The van der Waals surface area contributed by atoms with E-state index in [0.717, 1.165) is 17.4 Å². The molecule has 7 nitrogen and oxygen atoms in total. The molecule has 3 rings (SSSR count). The maximum absolute atomic E-state index is 12.5. The third-order valence-corrected chi connectivity index (χ3v) is 4.39. The van der Waals surface area contributed by atoms with Crippen LogP contribution in [0.2, 0.25) is 0 Å². The van der Waals surface area contributed by atoms with Gasteiger partial charge >= 0.3 is 11.9 Å². The van der Waals surface area contributed by atoms with Gasteiger partial charge in [-0.2, -0.15) is 0 Å². The second-order valence-corrected chi connectivity index (χ2v) is 8.05. The average molecular weight is 423 g/mol. The van der Waals surface area contributed by atoms with Gasteiger partial charge in [0.2, 0.25) is 5.89 Å². The van der Waals surface area contributed by atoms with Crippen molar-refractivity contribution in [2.75, 3.05) is 0 Å². The van der Waals surface area contributed by atoms with Crippen LogP contribution in [0.15, 0.2) is 65.3 Å². The first-order chi connectivity index (χ1) is 14.7. The summed E-state index contributed by atoms with van der Waals surface area (Å²) in [6, 6.07) is 17.1. The topological polar surface area (TPSA) is 98.9 Å². The molecule has 31 heavy (non-hydrogen) atoms. The smallest absolute Gasteiger partial charge is 0.357 e. The van der Waals surface area contributed by atoms with Gasteiger partial charge in [-0.1, -0.05) is 42.5 Å². The van der Waals surface area contributed by atoms with Crippen molar-refractivity contribution in [2.24, 2.45) is 0 Å². The van der Waals surface area contributed by atoms with Crippen LogP contribution in [-0.2, 0) is 16.1 Å². The molecule has 0 fully saturated rings. The second-order valence-electron chi connectivity index (χ2n) is 8.05. The fourth-order valence-electron chi connectivity index (χ4n) is 3.10. The van der Waals surface area contributed by atoms with Gasteiger partial charge in [0.25, 0.3) is 0 Å². The number of benzene rings is 2. The molecule has 0 saturated carbocycles. The molecule has 0 aliphatic carbocycles. The first kappa shape index (κ1) is 22.1. The number of carboxylic acids is 1. The zero-order valence-corrected chi connectivity index (χ0v) is 17.7. The van der Waals surface area contributed by atoms with E-state index in [1.54, 1.807) is 6.07 Å². The summed E-state index contributed by atoms with van der Waals surface area (Å²) in [6.45, 7) is 5.51. The number of hydrogen-bond acceptors (Lipinski definition) is 6. The van der Waals surface area contributed by atoms with E-state index < -0.39 is 11.6 Å². The van der Waals surface area contributed by atoms with Crippen LogP contribution in [0.5, 0.6) is 5.75 Å². The maximum Gasteiger partial charge on any atom is 0.357 e. The lowest BCUT2D eigenvalue weighted by Crippen LogP contribution is -2.25. The SMILES string of the molecule is CC(C)(C)OC(=O)C[C@@H](c1ccccc1)c1cccc(OCc2nc(C(=O)O)co2)c1. The Bertz CT molecular complexity index is 1040. The first-order valence-corrected chi connectivity index (χ1v) is 9.88. The molecule has 1 N–H and O–H groups in total. The molecule has 0 radical (unpaired) electrons. The number of aromatic carboxylic acids is 1. The molecule has 2 aromatic carbocycles. The van der Waals surface area contributed by atoms with E-state index in [1.807, 2.05) is 69.3 Å². The van der Waals surface area contributed by atoms with Crippen molar-refractivity contribution in [1.82, 2.24) is 4.98 Å². The fraction of sp³-hybridized carbons (Fsp3) is 0.292. The number of carbonyl (C=O) groups excluding carboxylic acids is 1. The van der Waals surface area contributed by atoms with Crippen molar-refractivity contribution in [1.29, 1.82) is 0 Å². The fourth-order valence-corrected chi connectivity index (χ4v) is 3.10. The first-order valence-electron chi connectivity index (χ1n) is 9.88. The molecule has 0 bridgehead atoms. The largest absolute Gasteiger partial charge is 0.484 e. The Kier molecular flexibility index (Phi) is 6.74. The van der Waals surface area contributed by atoms with Gasteiger partial charge in [0.05, 0.1) is 6.42 Å². The molecular weight excluding hydrogens is 398 g/mol. The average Bonchev–Trinajstić information content (AvgIpc) is 3.20. The lowest BCUT2D eigenvalue weighted by molar-refractivity contribution is -0.155. The van der Waals surface area contributed by atoms with Crippen molar-refractivity contribution in [3.63, 3.8) is 0 Å². The number of rotatable bonds is 8. The summed E-state index contributed by atoms with van der Waals surface area (Å²) in [7, 11) is 0. The van der Waals surface area contributed by atoms with E-state index in [1.165, 1.54) is 0 Å². The van der Waals surface area contributed by atoms with Gasteiger partial charge in [-0.25, -0.2) is 9.78 Å². The van der Waals surface area contributed by atoms with E-state index in [9.17, 15) is 9.59 Å². The third kappa shape index (κ3) is 6.44. The number of esters is 1. The van der Waals surface area contributed by atoms with Gasteiger partial charge in [0.15, 0.2) is 12.3 Å². The zero-order valence-electron chi connectivity index (χ0n) is 17.7. The second kappa shape index (κ2) is 9.47. The van der Waals surface area contributed by atoms with E-state index in [4.69, 9.17) is 19.0 Å². The van der Waals surface area contributed by atoms with E-state index >= 15 is 0 Å². The summed E-state index contributed by atoms with van der Waals surface area (Å²) < 4.78 is 16.4. The van der Waals surface area contributed by atoms with Crippen molar-refractivity contribution in [2.45, 2.75) is 45.3 Å². The van der Waals surface area contributed by atoms with Crippen LogP contribution in [-0.4, -0.2) is 27.6 Å². The summed E-state index contributed by atoms with van der Waals surface area (Å²) in [5.74, 6) is -0.938. The quantitative estimate of drug-likeness (QED) is 0.519. The number of carboxylic acid groups (broad SMARTS) is 1. The van der Waals surface area contributed by atoms with Gasteiger partial charge < -0.3 is 19.0 Å². The van der Waals surface area contributed by atoms with Crippen LogP contribution in [0, 0.1) is 0 Å². The third-order valence-electron chi connectivity index (χ3n) is 4.39. The van der Waals surface area contributed by atoms with Gasteiger partial charge in [-0.15, -0.1) is 0 Å². The molecule has 3 aromatic rings. The summed E-state index contributed by atoms with van der Waals surface area (Å²) in [5.41, 5.74) is 1.15. The molecule has 0 saturated heterocycles. The van der Waals surface area contributed by atoms with Gasteiger partial charge in [-0.05, 0) is 44.0 Å². The molecule has 0 aliphatic rings. The molecule has 7 heteroatoms. The van der Waals surface area contributed by atoms with Gasteiger partial charge in [0, 0.05) is 5.92 Å². The van der Waals surface area contributed by atoms with Crippen molar-refractivity contribution >= 4 is 11.9 Å². The van der Waals surface area contributed by atoms with Crippen LogP contribution in [0.4, 0.5) is 0 Å². The Morgan fingerprint density at radius 3 is 2.42 bits per heavy atom. The molecule has 0 aliphatic heterocycles. The highest BCUT2D eigenvalue weighted by Gasteiger charge is 2.23. The number of carbonyl (C=O) groups is 2. The highest BCUT2D eigenvalue weighted by molar-refractivity contribution is 5.84. The minimum absolute atomic E-state index is 0.0151. The number of ether oxygens (including phenoxy) is 2. The minimum Gasteiger partial charge on any atom is -0.484 e. The normalized spacial score (nSPS) is 12.2. The van der Waals surface area contributed by atoms with E-state index in [2.05, 4.69) is 4.98 Å². The Labute approximate surface area is 180 Å². The summed E-state index contributed by atoms with van der Waals surface area (Å²) in [5, 5.41) is 8.93. The van der Waals surface area contributed by atoms with E-state index in [0.29, 0.717) is 5.75 Å². The van der Waals surface area contributed by atoms with Gasteiger partial charge in [-0.3, -0.25) is 4.79 Å². The minimum atomic E-state index is -1.16. The van der Waals surface area contributed by atoms with Crippen molar-refractivity contribution in [3.8, 4) is 5.75 Å². The molecule has 162 valence electrons. The molecule has 1 heterocycles. The molecule has 0 amide bonds. The molecule has 1 atom stereocenters. The molecule has 0 spiro atoms. The van der Waals surface area contributed by atoms with Gasteiger partial charge in [0.1, 0.15) is 17.6 Å². The number of hydrogen-bond donors (Lipinski definition) is 1. The predicted octanol–water partition coefficient (Wildman–Crippen LogP) is 4.82. The van der Waals surface area contributed by atoms with Crippen LogP contribution in [0.25, 0.3) is 0 Å². The van der Waals surface area contributed by atoms with Crippen LogP contribution in [0.1, 0.15) is 60.6 Å². The lowest BCUT2D eigenvalue weighted by Gasteiger charge is -2.23. The predicted molar refractivity (Wildman–Crippen MR) is 113 cm³/mol. The lowest BCUT2D eigenvalue weighted by atomic mass is 9.88. The Balaban J connectivity index is 1.79. The van der Waals surface area contributed by atoms with Crippen molar-refractivity contribution < 1.29 is 28.6 Å². The van der Waals surface area contributed by atoms with Crippen LogP contribution < -0.4 is 4.74 Å². The number of aromatic nitrogens is 1. The highest BCUT2D eigenvalue weighted by atomic mass is 16.6. The summed E-state index contributed by atoms with van der Waals surface area (Å²) >= 11 is 0. The van der Waals surface area contributed by atoms with Crippen LogP contribution in [0.3, 0.4) is 0 Å². The highest BCUT2D eigenvalue weighted by Crippen LogP contribution is 2.31. The standard InChI is InChI=1S/C24H25NO6/c1-24(2,3)31-22(26)13-19(16-8-5-4-6-9-16)17-10-7-11-18(12-17)29-15-21-25-20(14-30-21)23(27)28/h4-12,14,19H,13,15H2,1-3H3,(H,27,28)/t19-/m0/s1. The Hall–Kier alpha value is -3.61. The monoisotopic (exact) mass is 423 g/mol. The number of nitrogens with zero attached hydrogens (tertiary/aromatic N) is 1. The summed E-state index contributed by atoms with van der Waals surface area (Å²) in [4.78, 5) is 27.3. The Morgan fingerprint density at radius 2 is 1.77 bits per heavy atom. The number of oxazole rings is 1. The molecule has 1 aromatic heterocycles. The van der Waals surface area contributed by atoms with E-state index in [-0.39, 0.29) is 36.5 Å². The maximum atomic E-state index is 12.5. The van der Waals surface area contributed by atoms with Crippen LogP contribution >= 0.6 is 0 Å².